The molecule has 0 amide bonds. The summed E-state index contributed by atoms with van der Waals surface area (Å²) in [5.74, 6) is -0.951. The van der Waals surface area contributed by atoms with Crippen LogP contribution in [-0.4, -0.2) is 15.4 Å². The first-order valence-electron chi connectivity index (χ1n) is 3.56. The van der Waals surface area contributed by atoms with E-state index in [4.69, 9.17) is 10.8 Å². The van der Waals surface area contributed by atoms with Gasteiger partial charge in [-0.3, -0.25) is 0 Å². The smallest absolute Gasteiger partial charge is 0.335 e. The van der Waals surface area contributed by atoms with Crippen molar-refractivity contribution in [1.82, 2.24) is 4.37 Å². The van der Waals surface area contributed by atoms with Crippen LogP contribution < -0.4 is 5.73 Å². The Morgan fingerprint density at radius 3 is 3.00 bits per heavy atom. The summed E-state index contributed by atoms with van der Waals surface area (Å²) in [6.07, 6.45) is 0. The topological polar surface area (TPSA) is 76.2 Å². The zero-order valence-corrected chi connectivity index (χ0v) is 7.34. The van der Waals surface area contributed by atoms with E-state index in [1.807, 2.05) is 0 Å². The van der Waals surface area contributed by atoms with Gasteiger partial charge in [-0.15, -0.1) is 0 Å². The maximum Gasteiger partial charge on any atom is 0.335 e. The van der Waals surface area contributed by atoms with Crippen LogP contribution in [0, 0.1) is 0 Å². The van der Waals surface area contributed by atoms with Gasteiger partial charge in [-0.05, 0) is 29.7 Å². The molecular formula is C8H6N2O2S. The third-order valence-electron chi connectivity index (χ3n) is 1.75. The average molecular weight is 194 g/mol. The molecule has 0 radical (unpaired) electrons. The fourth-order valence-corrected chi connectivity index (χ4v) is 1.71. The molecule has 1 aromatic heterocycles. The van der Waals surface area contributed by atoms with E-state index in [0.29, 0.717) is 10.4 Å². The Bertz CT molecular complexity index is 478. The highest BCUT2D eigenvalue weighted by Crippen LogP contribution is 2.25. The zero-order valence-electron chi connectivity index (χ0n) is 6.52. The van der Waals surface area contributed by atoms with Crippen molar-refractivity contribution in [2.24, 2.45) is 0 Å². The highest BCUT2D eigenvalue weighted by molar-refractivity contribution is 7.11. The lowest BCUT2D eigenvalue weighted by atomic mass is 10.1. The zero-order chi connectivity index (χ0) is 9.42. The monoisotopic (exact) mass is 194 g/mol. The highest BCUT2D eigenvalue weighted by atomic mass is 32.1. The number of carboxylic acids is 1. The summed E-state index contributed by atoms with van der Waals surface area (Å²) in [6.45, 7) is 0. The SMILES string of the molecule is Nc1snc2ccc(C(=O)O)cc12. The summed E-state index contributed by atoms with van der Waals surface area (Å²) in [5, 5.41) is 9.98. The number of aromatic nitrogens is 1. The Hall–Kier alpha value is -1.62. The second-order valence-electron chi connectivity index (χ2n) is 2.58. The van der Waals surface area contributed by atoms with Gasteiger partial charge in [-0.25, -0.2) is 4.79 Å². The van der Waals surface area contributed by atoms with Crippen LogP contribution in [0.4, 0.5) is 5.00 Å². The molecule has 1 heterocycles. The van der Waals surface area contributed by atoms with E-state index in [2.05, 4.69) is 4.37 Å². The lowest BCUT2D eigenvalue weighted by molar-refractivity contribution is 0.0697. The molecule has 0 saturated heterocycles. The maximum absolute atomic E-state index is 10.6. The average Bonchev–Trinajstić information content (AvgIpc) is 2.47. The van der Waals surface area contributed by atoms with Crippen LogP contribution in [0.25, 0.3) is 10.9 Å². The molecule has 3 N–H and O–H groups in total. The quantitative estimate of drug-likeness (QED) is 0.722. The molecule has 0 aliphatic carbocycles. The first-order valence-corrected chi connectivity index (χ1v) is 4.34. The third kappa shape index (κ3) is 1.23. The summed E-state index contributed by atoms with van der Waals surface area (Å²) in [5.41, 5.74) is 6.59. The molecule has 1 aromatic carbocycles. The van der Waals surface area contributed by atoms with Gasteiger partial charge >= 0.3 is 5.97 Å². The predicted octanol–water partition coefficient (Wildman–Crippen LogP) is 1.58. The van der Waals surface area contributed by atoms with E-state index in [1.165, 1.54) is 23.7 Å². The van der Waals surface area contributed by atoms with Gasteiger partial charge in [0, 0.05) is 5.39 Å². The summed E-state index contributed by atoms with van der Waals surface area (Å²) < 4.78 is 4.04. The number of hydrogen-bond donors (Lipinski definition) is 2. The van der Waals surface area contributed by atoms with Crippen LogP contribution >= 0.6 is 11.5 Å². The van der Waals surface area contributed by atoms with Crippen molar-refractivity contribution in [3.8, 4) is 0 Å². The fourth-order valence-electron chi connectivity index (χ4n) is 1.09. The van der Waals surface area contributed by atoms with Crippen molar-refractivity contribution >= 4 is 33.4 Å². The van der Waals surface area contributed by atoms with E-state index < -0.39 is 5.97 Å². The lowest BCUT2D eigenvalue weighted by Gasteiger charge is -1.93. The number of nitrogens with zero attached hydrogens (tertiary/aromatic N) is 1. The van der Waals surface area contributed by atoms with Crippen LogP contribution in [0.5, 0.6) is 0 Å². The summed E-state index contributed by atoms with van der Waals surface area (Å²) in [7, 11) is 0. The molecule has 0 fully saturated rings. The molecule has 0 unspecified atom stereocenters. The molecule has 4 nitrogen and oxygen atoms in total. The third-order valence-corrected chi connectivity index (χ3v) is 2.46. The number of fused-ring (bicyclic) bond motifs is 1. The number of nitrogen functional groups attached to an aromatic ring is 1. The van der Waals surface area contributed by atoms with E-state index in [0.717, 1.165) is 5.52 Å². The van der Waals surface area contributed by atoms with Gasteiger partial charge in [0.1, 0.15) is 5.00 Å². The van der Waals surface area contributed by atoms with Crippen LogP contribution in [0.2, 0.25) is 0 Å². The van der Waals surface area contributed by atoms with Crippen molar-refractivity contribution in [1.29, 1.82) is 0 Å². The largest absolute Gasteiger partial charge is 0.478 e. The molecule has 0 saturated carbocycles. The minimum Gasteiger partial charge on any atom is -0.478 e. The van der Waals surface area contributed by atoms with Crippen molar-refractivity contribution in [3.63, 3.8) is 0 Å². The fraction of sp³-hybridized carbons (Fsp3) is 0. The standard InChI is InChI=1S/C8H6N2O2S/c9-7-5-3-4(8(11)12)1-2-6(5)10-13-7/h1-3H,9H2,(H,11,12). The summed E-state index contributed by atoms with van der Waals surface area (Å²) in [4.78, 5) is 10.6. The molecule has 0 aliphatic rings. The Labute approximate surface area is 77.8 Å². The van der Waals surface area contributed by atoms with Gasteiger partial charge in [0.05, 0.1) is 11.1 Å². The molecule has 2 rings (SSSR count). The summed E-state index contributed by atoms with van der Waals surface area (Å²) in [6, 6.07) is 4.71. The van der Waals surface area contributed by atoms with Crippen LogP contribution in [0.15, 0.2) is 18.2 Å². The molecule has 5 heteroatoms. The molecule has 2 aromatic rings. The minimum absolute atomic E-state index is 0.236. The molecule has 0 atom stereocenters. The second kappa shape index (κ2) is 2.70. The van der Waals surface area contributed by atoms with E-state index >= 15 is 0 Å². The normalized spacial score (nSPS) is 10.5. The molecule has 13 heavy (non-hydrogen) atoms. The number of anilines is 1. The number of benzene rings is 1. The number of nitrogens with two attached hydrogens (primary N) is 1. The second-order valence-corrected chi connectivity index (χ2v) is 3.39. The lowest BCUT2D eigenvalue weighted by Crippen LogP contribution is -1.95. The maximum atomic E-state index is 10.6. The molecule has 0 bridgehead atoms. The van der Waals surface area contributed by atoms with Gasteiger partial charge in [-0.1, -0.05) is 0 Å². The van der Waals surface area contributed by atoms with Gasteiger partial charge in [0.25, 0.3) is 0 Å². The van der Waals surface area contributed by atoms with E-state index in [-0.39, 0.29) is 5.56 Å². The van der Waals surface area contributed by atoms with Gasteiger partial charge in [0.2, 0.25) is 0 Å². The van der Waals surface area contributed by atoms with E-state index in [9.17, 15) is 4.79 Å². The Balaban J connectivity index is 2.72. The Morgan fingerprint density at radius 1 is 1.54 bits per heavy atom. The highest BCUT2D eigenvalue weighted by Gasteiger charge is 2.07. The summed E-state index contributed by atoms with van der Waals surface area (Å²) >= 11 is 1.17. The number of rotatable bonds is 1. The van der Waals surface area contributed by atoms with Crippen LogP contribution in [0.3, 0.4) is 0 Å². The van der Waals surface area contributed by atoms with E-state index in [1.54, 1.807) is 6.07 Å². The van der Waals surface area contributed by atoms with Crippen molar-refractivity contribution in [2.45, 2.75) is 0 Å². The predicted molar refractivity (Wildman–Crippen MR) is 51.0 cm³/mol. The number of carboxylic acid groups (broad SMARTS) is 1. The van der Waals surface area contributed by atoms with Crippen LogP contribution in [0.1, 0.15) is 10.4 Å². The van der Waals surface area contributed by atoms with Crippen LogP contribution in [-0.2, 0) is 0 Å². The Kier molecular flexibility index (Phi) is 1.66. The number of hydrogen-bond acceptors (Lipinski definition) is 4. The Morgan fingerprint density at radius 2 is 2.31 bits per heavy atom. The number of carbonyl (C=O) groups is 1. The number of aromatic carboxylic acids is 1. The first-order chi connectivity index (χ1) is 6.18. The van der Waals surface area contributed by atoms with Crippen molar-refractivity contribution in [2.75, 3.05) is 5.73 Å². The molecule has 0 spiro atoms. The molecular weight excluding hydrogens is 188 g/mol. The first kappa shape index (κ1) is 8.00. The van der Waals surface area contributed by atoms with Gasteiger partial charge in [-0.2, -0.15) is 4.37 Å². The minimum atomic E-state index is -0.951. The van der Waals surface area contributed by atoms with Crippen molar-refractivity contribution < 1.29 is 9.90 Å². The molecule has 66 valence electrons. The molecule has 0 aliphatic heterocycles. The van der Waals surface area contributed by atoms with Gasteiger partial charge in [0.15, 0.2) is 0 Å². The van der Waals surface area contributed by atoms with Crippen molar-refractivity contribution in [3.05, 3.63) is 23.8 Å². The van der Waals surface area contributed by atoms with Gasteiger partial charge < -0.3 is 10.8 Å².